The van der Waals surface area contributed by atoms with Crippen molar-refractivity contribution in [3.63, 3.8) is 0 Å². The van der Waals surface area contributed by atoms with Gasteiger partial charge in [-0.15, -0.1) is 0 Å². The summed E-state index contributed by atoms with van der Waals surface area (Å²) in [5.41, 5.74) is 0.505. The Morgan fingerprint density at radius 3 is 2.31 bits per heavy atom. The van der Waals surface area contributed by atoms with Gasteiger partial charge in [-0.25, -0.2) is 8.42 Å². The number of hydrogen-bond acceptors (Lipinski definition) is 5. The largest absolute Gasteiger partial charge is 1.00 e. The van der Waals surface area contributed by atoms with Crippen LogP contribution in [-0.2, 0) is 10.1 Å². The van der Waals surface area contributed by atoms with Crippen molar-refractivity contribution in [2.75, 3.05) is 11.5 Å². The fourth-order valence-corrected chi connectivity index (χ4v) is 2.53. The molecule has 0 fully saturated rings. The molecule has 0 N–H and O–H groups in total. The van der Waals surface area contributed by atoms with Gasteiger partial charge in [-0.1, -0.05) is 42.1 Å². The SMILES string of the molecule is O=C(SCCS(=O)(=O)[O-])c1ccccc1.[Na+]. The Hall–Kier alpha value is 0.150. The molecule has 0 aliphatic heterocycles. The number of carbonyl (C=O) groups excluding carboxylic acids is 1. The zero-order valence-electron chi connectivity index (χ0n) is 8.75. The van der Waals surface area contributed by atoms with Crippen molar-refractivity contribution in [1.29, 1.82) is 0 Å². The predicted molar refractivity (Wildman–Crippen MR) is 57.8 cm³/mol. The molecule has 1 aromatic carbocycles. The summed E-state index contributed by atoms with van der Waals surface area (Å²) in [5.74, 6) is -0.518. The third-order valence-electron chi connectivity index (χ3n) is 1.58. The van der Waals surface area contributed by atoms with Gasteiger partial charge in [-0.3, -0.25) is 4.79 Å². The maximum atomic E-state index is 11.4. The van der Waals surface area contributed by atoms with Crippen LogP contribution in [0.25, 0.3) is 0 Å². The zero-order chi connectivity index (χ0) is 11.3. The van der Waals surface area contributed by atoms with Gasteiger partial charge in [0.2, 0.25) is 5.12 Å². The van der Waals surface area contributed by atoms with E-state index in [0.717, 1.165) is 11.8 Å². The van der Waals surface area contributed by atoms with E-state index in [1.807, 2.05) is 0 Å². The van der Waals surface area contributed by atoms with Crippen molar-refractivity contribution in [3.05, 3.63) is 35.9 Å². The average Bonchev–Trinajstić information content (AvgIpc) is 2.17. The van der Waals surface area contributed by atoms with Crippen LogP contribution in [0, 0.1) is 0 Å². The van der Waals surface area contributed by atoms with Crippen LogP contribution >= 0.6 is 11.8 Å². The van der Waals surface area contributed by atoms with Gasteiger partial charge in [0.1, 0.15) is 0 Å². The van der Waals surface area contributed by atoms with Gasteiger partial charge >= 0.3 is 29.6 Å². The number of benzene rings is 1. The topological polar surface area (TPSA) is 74.3 Å². The van der Waals surface area contributed by atoms with Gasteiger partial charge in [0, 0.05) is 17.1 Å². The van der Waals surface area contributed by atoms with E-state index in [9.17, 15) is 17.8 Å². The first-order valence-electron chi connectivity index (χ1n) is 4.15. The van der Waals surface area contributed by atoms with E-state index >= 15 is 0 Å². The molecule has 0 heterocycles. The molecule has 1 rings (SSSR count). The molecular formula is C9H9NaO4S2. The van der Waals surface area contributed by atoms with Gasteiger partial charge in [0.15, 0.2) is 0 Å². The zero-order valence-corrected chi connectivity index (χ0v) is 12.4. The molecule has 0 unspecified atom stereocenters. The second-order valence-corrected chi connectivity index (χ2v) is 5.36. The molecule has 0 bridgehead atoms. The van der Waals surface area contributed by atoms with Crippen molar-refractivity contribution in [2.24, 2.45) is 0 Å². The normalized spacial score (nSPS) is 10.6. The number of thioether (sulfide) groups is 1. The van der Waals surface area contributed by atoms with Crippen LogP contribution < -0.4 is 29.6 Å². The minimum atomic E-state index is -4.23. The average molecular weight is 268 g/mol. The molecule has 0 atom stereocenters. The number of carbonyl (C=O) groups is 1. The smallest absolute Gasteiger partial charge is 0.748 e. The third kappa shape index (κ3) is 6.67. The summed E-state index contributed by atoms with van der Waals surface area (Å²) in [6, 6.07) is 8.50. The summed E-state index contributed by atoms with van der Waals surface area (Å²) in [7, 11) is -4.23. The monoisotopic (exact) mass is 268 g/mol. The Kier molecular flexibility index (Phi) is 7.54. The van der Waals surface area contributed by atoms with Gasteiger partial charge in [0.25, 0.3) is 0 Å². The maximum Gasteiger partial charge on any atom is 1.00 e. The van der Waals surface area contributed by atoms with Gasteiger partial charge < -0.3 is 4.55 Å². The van der Waals surface area contributed by atoms with E-state index < -0.39 is 15.9 Å². The van der Waals surface area contributed by atoms with Gasteiger partial charge in [0.05, 0.1) is 10.1 Å². The van der Waals surface area contributed by atoms with Crippen molar-refractivity contribution in [2.45, 2.75) is 0 Å². The van der Waals surface area contributed by atoms with Crippen molar-refractivity contribution in [1.82, 2.24) is 0 Å². The van der Waals surface area contributed by atoms with Crippen molar-refractivity contribution < 1.29 is 47.3 Å². The van der Waals surface area contributed by atoms with E-state index in [1.165, 1.54) is 0 Å². The summed E-state index contributed by atoms with van der Waals surface area (Å²) in [5, 5.41) is -0.223. The number of hydrogen-bond donors (Lipinski definition) is 0. The molecular weight excluding hydrogens is 259 g/mol. The molecule has 0 aliphatic rings. The first-order chi connectivity index (χ1) is 6.99. The van der Waals surface area contributed by atoms with Crippen LogP contribution in [-0.4, -0.2) is 29.6 Å². The van der Waals surface area contributed by atoms with E-state index in [2.05, 4.69) is 0 Å². The molecule has 4 nitrogen and oxygen atoms in total. The Labute approximate surface area is 121 Å². The van der Waals surface area contributed by atoms with Crippen molar-refractivity contribution in [3.8, 4) is 0 Å². The van der Waals surface area contributed by atoms with E-state index in [1.54, 1.807) is 30.3 Å². The van der Waals surface area contributed by atoms with Crippen LogP contribution in [0.2, 0.25) is 0 Å². The summed E-state index contributed by atoms with van der Waals surface area (Å²) in [4.78, 5) is 11.4. The summed E-state index contributed by atoms with van der Waals surface area (Å²) < 4.78 is 30.8. The molecule has 0 amide bonds. The van der Waals surface area contributed by atoms with Crippen LogP contribution in [0.5, 0.6) is 0 Å². The van der Waals surface area contributed by atoms with Gasteiger partial charge in [-0.2, -0.15) is 0 Å². The quantitative estimate of drug-likeness (QED) is 0.471. The molecule has 7 heteroatoms. The molecule has 0 saturated carbocycles. The Bertz CT molecular complexity index is 430. The minimum Gasteiger partial charge on any atom is -0.748 e. The summed E-state index contributed by atoms with van der Waals surface area (Å²) in [6.07, 6.45) is 0. The second-order valence-electron chi connectivity index (χ2n) is 2.76. The fourth-order valence-electron chi connectivity index (χ4n) is 0.894. The van der Waals surface area contributed by atoms with E-state index in [4.69, 9.17) is 0 Å². The fraction of sp³-hybridized carbons (Fsp3) is 0.222. The summed E-state index contributed by atoms with van der Waals surface area (Å²) in [6.45, 7) is 0. The summed E-state index contributed by atoms with van der Waals surface area (Å²) >= 11 is 0.838. The molecule has 0 radical (unpaired) electrons. The Balaban J connectivity index is 0.00000225. The Morgan fingerprint density at radius 2 is 1.81 bits per heavy atom. The minimum absolute atomic E-state index is 0. The van der Waals surface area contributed by atoms with Crippen molar-refractivity contribution >= 4 is 27.0 Å². The predicted octanol–water partition coefficient (Wildman–Crippen LogP) is -1.89. The first kappa shape index (κ1) is 16.1. The van der Waals surface area contributed by atoms with E-state index in [0.29, 0.717) is 5.56 Å². The molecule has 0 saturated heterocycles. The molecule has 1 aromatic rings. The number of rotatable bonds is 4. The van der Waals surface area contributed by atoms with Gasteiger partial charge in [-0.05, 0) is 0 Å². The van der Waals surface area contributed by atoms with Crippen LogP contribution in [0.1, 0.15) is 10.4 Å². The molecule has 0 aliphatic carbocycles. The van der Waals surface area contributed by atoms with E-state index in [-0.39, 0.29) is 40.4 Å². The first-order valence-corrected chi connectivity index (χ1v) is 6.71. The maximum absolute atomic E-state index is 11.4. The molecule has 0 spiro atoms. The molecule has 16 heavy (non-hydrogen) atoms. The van der Waals surface area contributed by atoms with Crippen LogP contribution in [0.3, 0.4) is 0 Å². The third-order valence-corrected chi connectivity index (χ3v) is 3.44. The molecule has 82 valence electrons. The molecule has 0 aromatic heterocycles. The standard InChI is InChI=1S/C9H10O4S2.Na/c10-9(8-4-2-1-3-5-8)14-6-7-15(11,12)13;/h1-5H,6-7H2,(H,11,12,13);/q;+1/p-1. The second kappa shape index (κ2) is 7.47. The Morgan fingerprint density at radius 1 is 1.25 bits per heavy atom. The van der Waals surface area contributed by atoms with Crippen LogP contribution in [0.15, 0.2) is 30.3 Å². The van der Waals surface area contributed by atoms with Crippen LogP contribution in [0.4, 0.5) is 0 Å².